The van der Waals surface area contributed by atoms with Gasteiger partial charge in [-0.05, 0) is 42.8 Å². The topological polar surface area (TPSA) is 26.0 Å². The van der Waals surface area contributed by atoms with Crippen molar-refractivity contribution in [3.63, 3.8) is 0 Å². The second-order valence-electron chi connectivity index (χ2n) is 4.52. The highest BCUT2D eigenvalue weighted by atomic mass is 79.9. The zero-order valence-corrected chi connectivity index (χ0v) is 13.2. The summed E-state index contributed by atoms with van der Waals surface area (Å²) in [5, 5.41) is -0.139. The van der Waals surface area contributed by atoms with E-state index in [9.17, 15) is 8.78 Å². The summed E-state index contributed by atoms with van der Waals surface area (Å²) in [4.78, 5) is 0.273. The van der Waals surface area contributed by atoms with Gasteiger partial charge in [0.1, 0.15) is 11.6 Å². The first-order valence-corrected chi connectivity index (χ1v) is 7.77. The first-order chi connectivity index (χ1) is 9.47. The van der Waals surface area contributed by atoms with Crippen molar-refractivity contribution in [2.24, 2.45) is 5.73 Å². The smallest absolute Gasteiger partial charge is 0.136 e. The van der Waals surface area contributed by atoms with Gasteiger partial charge in [-0.1, -0.05) is 28.1 Å². The molecule has 2 rings (SSSR count). The molecule has 0 aliphatic rings. The van der Waals surface area contributed by atoms with Gasteiger partial charge < -0.3 is 5.73 Å². The molecule has 0 aliphatic heterocycles. The lowest BCUT2D eigenvalue weighted by Crippen LogP contribution is -2.22. The van der Waals surface area contributed by atoms with Gasteiger partial charge in [0.2, 0.25) is 0 Å². The Morgan fingerprint density at radius 3 is 2.35 bits per heavy atom. The first-order valence-electron chi connectivity index (χ1n) is 6.10. The summed E-state index contributed by atoms with van der Waals surface area (Å²) in [6.07, 6.45) is 0. The molecule has 0 amide bonds. The largest absolute Gasteiger partial charge is 0.327 e. The maximum Gasteiger partial charge on any atom is 0.136 e. The van der Waals surface area contributed by atoms with Gasteiger partial charge in [0.25, 0.3) is 0 Å². The van der Waals surface area contributed by atoms with Crippen molar-refractivity contribution in [3.05, 3.63) is 64.1 Å². The van der Waals surface area contributed by atoms with E-state index in [4.69, 9.17) is 5.73 Å². The Hall–Kier alpha value is -0.910. The van der Waals surface area contributed by atoms with E-state index < -0.39 is 11.6 Å². The average molecular weight is 358 g/mol. The van der Waals surface area contributed by atoms with Crippen molar-refractivity contribution in [2.45, 2.75) is 23.1 Å². The lowest BCUT2D eigenvalue weighted by molar-refractivity contribution is 0.576. The molecule has 2 atom stereocenters. The van der Waals surface area contributed by atoms with E-state index in [1.54, 1.807) is 0 Å². The lowest BCUT2D eigenvalue weighted by Gasteiger charge is -2.21. The molecule has 0 radical (unpaired) electrons. The molecule has 0 spiro atoms. The summed E-state index contributed by atoms with van der Waals surface area (Å²) in [6.45, 7) is 1.86. The highest BCUT2D eigenvalue weighted by Gasteiger charge is 2.19. The molecular formula is C15H14BrF2NS. The molecule has 2 aromatic rings. The Labute approximate surface area is 129 Å². The van der Waals surface area contributed by atoms with Crippen molar-refractivity contribution in [2.75, 3.05) is 0 Å². The van der Waals surface area contributed by atoms with Crippen molar-refractivity contribution < 1.29 is 8.78 Å². The molecule has 2 N–H and O–H groups in total. The third kappa shape index (κ3) is 3.81. The van der Waals surface area contributed by atoms with Crippen LogP contribution in [0.15, 0.2) is 51.8 Å². The van der Waals surface area contributed by atoms with E-state index in [0.717, 1.165) is 22.2 Å². The zero-order valence-electron chi connectivity index (χ0n) is 10.8. The van der Waals surface area contributed by atoms with Crippen LogP contribution in [0.4, 0.5) is 8.78 Å². The standard InChI is InChI=1S/C15H14BrF2NS/c1-9(19)15(10-2-4-11(16)5-3-10)20-14-8-12(17)6-7-13(14)18/h2-9,15H,19H2,1H3. The Morgan fingerprint density at radius 1 is 1.10 bits per heavy atom. The monoisotopic (exact) mass is 357 g/mol. The molecule has 0 bridgehead atoms. The van der Waals surface area contributed by atoms with Crippen LogP contribution in [0.3, 0.4) is 0 Å². The zero-order chi connectivity index (χ0) is 14.7. The van der Waals surface area contributed by atoms with E-state index in [-0.39, 0.29) is 16.2 Å². The Morgan fingerprint density at radius 2 is 1.75 bits per heavy atom. The normalized spacial score (nSPS) is 14.1. The minimum Gasteiger partial charge on any atom is -0.327 e. The van der Waals surface area contributed by atoms with Crippen molar-refractivity contribution in [3.8, 4) is 0 Å². The highest BCUT2D eigenvalue weighted by molar-refractivity contribution is 9.10. The molecule has 0 fully saturated rings. The minimum absolute atomic E-state index is 0.139. The predicted molar refractivity (Wildman–Crippen MR) is 82.7 cm³/mol. The van der Waals surface area contributed by atoms with E-state index in [0.29, 0.717) is 0 Å². The van der Waals surface area contributed by atoms with Gasteiger partial charge >= 0.3 is 0 Å². The van der Waals surface area contributed by atoms with Crippen LogP contribution in [-0.2, 0) is 0 Å². The third-order valence-corrected chi connectivity index (χ3v) is 4.87. The highest BCUT2D eigenvalue weighted by Crippen LogP contribution is 2.38. The first kappa shape index (κ1) is 15.5. The van der Waals surface area contributed by atoms with Gasteiger partial charge in [0.05, 0.1) is 0 Å². The predicted octanol–water partition coefficient (Wildman–Crippen LogP) is 4.91. The number of benzene rings is 2. The maximum absolute atomic E-state index is 13.7. The molecular weight excluding hydrogens is 344 g/mol. The van der Waals surface area contributed by atoms with E-state index in [2.05, 4.69) is 15.9 Å². The molecule has 0 aliphatic carbocycles. The molecule has 0 saturated heterocycles. The quantitative estimate of drug-likeness (QED) is 0.786. The van der Waals surface area contributed by atoms with Crippen LogP contribution in [0.25, 0.3) is 0 Å². The van der Waals surface area contributed by atoms with Crippen LogP contribution >= 0.6 is 27.7 Å². The fourth-order valence-corrected chi connectivity index (χ4v) is 3.24. The van der Waals surface area contributed by atoms with Gasteiger partial charge in [-0.2, -0.15) is 0 Å². The van der Waals surface area contributed by atoms with Crippen LogP contribution in [0.5, 0.6) is 0 Å². The number of nitrogens with two attached hydrogens (primary N) is 1. The fourth-order valence-electron chi connectivity index (χ4n) is 1.84. The maximum atomic E-state index is 13.7. The van der Waals surface area contributed by atoms with Gasteiger partial charge in [-0.15, -0.1) is 11.8 Å². The molecule has 2 aromatic carbocycles. The van der Waals surface area contributed by atoms with Crippen molar-refractivity contribution in [1.29, 1.82) is 0 Å². The van der Waals surface area contributed by atoms with Crippen LogP contribution in [-0.4, -0.2) is 6.04 Å². The van der Waals surface area contributed by atoms with Gasteiger partial charge in [0, 0.05) is 20.7 Å². The van der Waals surface area contributed by atoms with E-state index >= 15 is 0 Å². The van der Waals surface area contributed by atoms with Crippen molar-refractivity contribution in [1.82, 2.24) is 0 Å². The number of thioether (sulfide) groups is 1. The Kier molecular flexibility index (Phi) is 5.18. The summed E-state index contributed by atoms with van der Waals surface area (Å²) in [7, 11) is 0. The van der Waals surface area contributed by atoms with Crippen molar-refractivity contribution >= 4 is 27.7 Å². The molecule has 0 saturated carbocycles. The lowest BCUT2D eigenvalue weighted by atomic mass is 10.1. The number of hydrogen-bond donors (Lipinski definition) is 1. The van der Waals surface area contributed by atoms with Crippen LogP contribution in [0, 0.1) is 11.6 Å². The van der Waals surface area contributed by atoms with Gasteiger partial charge in [0.15, 0.2) is 0 Å². The number of rotatable bonds is 4. The number of halogens is 3. The Bertz CT molecular complexity index is 587. The second-order valence-corrected chi connectivity index (χ2v) is 6.62. The molecule has 0 heterocycles. The molecule has 2 unspecified atom stereocenters. The molecule has 20 heavy (non-hydrogen) atoms. The van der Waals surface area contributed by atoms with Crippen LogP contribution in [0.1, 0.15) is 17.7 Å². The molecule has 5 heteroatoms. The second kappa shape index (κ2) is 6.70. The third-order valence-electron chi connectivity index (χ3n) is 2.82. The molecule has 1 nitrogen and oxygen atoms in total. The average Bonchev–Trinajstić information content (AvgIpc) is 2.40. The summed E-state index contributed by atoms with van der Waals surface area (Å²) in [6, 6.07) is 10.9. The number of hydrogen-bond acceptors (Lipinski definition) is 2. The van der Waals surface area contributed by atoms with E-state index in [1.165, 1.54) is 17.8 Å². The van der Waals surface area contributed by atoms with Gasteiger partial charge in [-0.25, -0.2) is 8.78 Å². The SMILES string of the molecule is CC(N)C(Sc1cc(F)ccc1F)c1ccc(Br)cc1. The minimum atomic E-state index is -0.451. The van der Waals surface area contributed by atoms with E-state index in [1.807, 2.05) is 31.2 Å². The molecule has 0 aromatic heterocycles. The van der Waals surface area contributed by atoms with Gasteiger partial charge in [-0.3, -0.25) is 0 Å². The summed E-state index contributed by atoms with van der Waals surface area (Å²) >= 11 is 4.61. The summed E-state index contributed by atoms with van der Waals surface area (Å²) in [5.41, 5.74) is 6.98. The fraction of sp³-hybridized carbons (Fsp3) is 0.200. The molecule has 106 valence electrons. The summed E-state index contributed by atoms with van der Waals surface area (Å²) in [5.74, 6) is -0.882. The van der Waals surface area contributed by atoms with Crippen LogP contribution < -0.4 is 5.73 Å². The van der Waals surface area contributed by atoms with Crippen LogP contribution in [0.2, 0.25) is 0 Å². The summed E-state index contributed by atoms with van der Waals surface area (Å²) < 4.78 is 27.9. The Balaban J connectivity index is 2.30.